The summed E-state index contributed by atoms with van der Waals surface area (Å²) in [6.45, 7) is 1.02. The second kappa shape index (κ2) is 8.99. The van der Waals surface area contributed by atoms with Gasteiger partial charge in [0.25, 0.3) is 0 Å². The molecule has 3 heteroatoms. The van der Waals surface area contributed by atoms with Crippen molar-refractivity contribution >= 4 is 83.3 Å². The molecule has 0 radical (unpaired) electrons. The average molecular weight is 613 g/mol. The number of hydrogen-bond acceptors (Lipinski definition) is 2. The van der Waals surface area contributed by atoms with E-state index in [1.54, 1.807) is 0 Å². The molecular weight excluding hydrogens is 587 g/mol. The van der Waals surface area contributed by atoms with E-state index < -0.39 is 0 Å². The maximum Gasteiger partial charge on any atom is 0.0595 e. The molecule has 7 aromatic carbocycles. The van der Waals surface area contributed by atoms with Crippen LogP contribution in [0.4, 0.5) is 28.4 Å². The zero-order valence-corrected chi connectivity index (χ0v) is 23.5. The predicted molar refractivity (Wildman–Crippen MR) is 175 cm³/mol. The van der Waals surface area contributed by atoms with Crippen LogP contribution in [0.3, 0.4) is 0 Å². The van der Waals surface area contributed by atoms with Crippen LogP contribution in [-0.4, -0.2) is 6.54 Å². The number of benzene rings is 7. The average Bonchev–Trinajstić information content (AvgIpc) is 3.42. The van der Waals surface area contributed by atoms with Gasteiger partial charge in [-0.3, -0.25) is 0 Å². The van der Waals surface area contributed by atoms with Gasteiger partial charge >= 0.3 is 0 Å². The van der Waals surface area contributed by atoms with E-state index in [1.807, 2.05) is 0 Å². The molecule has 39 heavy (non-hydrogen) atoms. The Morgan fingerprint density at radius 3 is 2.05 bits per heavy atom. The summed E-state index contributed by atoms with van der Waals surface area (Å²) in [7, 11) is 0. The Kier molecular flexibility index (Phi) is 5.27. The van der Waals surface area contributed by atoms with Crippen LogP contribution >= 0.6 is 22.6 Å². The summed E-state index contributed by atoms with van der Waals surface area (Å²) in [4.78, 5) is 4.91. The van der Waals surface area contributed by atoms with E-state index in [2.05, 4.69) is 160 Å². The van der Waals surface area contributed by atoms with Crippen LogP contribution in [0.1, 0.15) is 5.56 Å². The Bertz CT molecular complexity index is 2000. The molecule has 0 spiro atoms. The van der Waals surface area contributed by atoms with Gasteiger partial charge in [-0.1, -0.05) is 84.9 Å². The number of para-hydroxylation sites is 3. The van der Waals surface area contributed by atoms with E-state index >= 15 is 0 Å². The predicted octanol–water partition coefficient (Wildman–Crippen LogP) is 10.4. The van der Waals surface area contributed by atoms with Crippen molar-refractivity contribution in [3.8, 4) is 0 Å². The third kappa shape index (κ3) is 3.53. The molecule has 0 amide bonds. The number of halogens is 1. The Balaban J connectivity index is 1.41. The quantitative estimate of drug-likeness (QED) is 0.144. The standard InChI is InChI=1S/C36H25IN2/c37-30-11-5-7-13-34(30)39(27-9-2-1-3-10-27)33-21-17-26-14-18-28-32(38-23-22-24-8-4-6-12-31(24)38)20-16-25-15-19-29(33)36(26)35(25)28/h1-21H,22-23H2. The SMILES string of the molecule is Ic1ccccc1N(c1ccccc1)c1ccc2ccc3c(N4CCc5ccccc54)ccc4ccc1c2c43. The molecule has 2 nitrogen and oxygen atoms in total. The first-order valence-corrected chi connectivity index (χ1v) is 14.5. The van der Waals surface area contributed by atoms with Crippen LogP contribution < -0.4 is 9.80 Å². The van der Waals surface area contributed by atoms with E-state index in [4.69, 9.17) is 0 Å². The van der Waals surface area contributed by atoms with Crippen molar-refractivity contribution in [2.45, 2.75) is 6.42 Å². The topological polar surface area (TPSA) is 6.48 Å². The van der Waals surface area contributed by atoms with Crippen LogP contribution in [0, 0.1) is 3.57 Å². The van der Waals surface area contributed by atoms with Crippen LogP contribution in [0.15, 0.2) is 127 Å². The van der Waals surface area contributed by atoms with Crippen molar-refractivity contribution in [1.29, 1.82) is 0 Å². The highest BCUT2D eigenvalue weighted by atomic mass is 127. The van der Waals surface area contributed by atoms with Crippen LogP contribution in [0.2, 0.25) is 0 Å². The van der Waals surface area contributed by atoms with Gasteiger partial charge in [-0.05, 0) is 98.6 Å². The lowest BCUT2D eigenvalue weighted by molar-refractivity contribution is 1.00. The summed E-state index contributed by atoms with van der Waals surface area (Å²) < 4.78 is 1.22. The lowest BCUT2D eigenvalue weighted by Gasteiger charge is -2.29. The number of fused-ring (bicyclic) bond motifs is 1. The van der Waals surface area contributed by atoms with Gasteiger partial charge in [0, 0.05) is 37.9 Å². The van der Waals surface area contributed by atoms with Crippen molar-refractivity contribution in [1.82, 2.24) is 0 Å². The van der Waals surface area contributed by atoms with E-state index in [-0.39, 0.29) is 0 Å². The molecule has 0 saturated heterocycles. The molecule has 1 heterocycles. The third-order valence-electron chi connectivity index (χ3n) is 8.15. The minimum absolute atomic E-state index is 1.02. The fraction of sp³-hybridized carbons (Fsp3) is 0.0556. The second-order valence-electron chi connectivity index (χ2n) is 10.2. The van der Waals surface area contributed by atoms with Gasteiger partial charge in [-0.25, -0.2) is 0 Å². The largest absolute Gasteiger partial charge is 0.340 e. The number of rotatable bonds is 4. The molecule has 7 aromatic rings. The molecule has 186 valence electrons. The summed E-state index contributed by atoms with van der Waals surface area (Å²) in [6.07, 6.45) is 1.09. The molecule has 0 unspecified atom stereocenters. The van der Waals surface area contributed by atoms with E-state index in [1.165, 1.54) is 64.2 Å². The summed E-state index contributed by atoms with van der Waals surface area (Å²) in [6, 6.07) is 46.6. The van der Waals surface area contributed by atoms with Gasteiger partial charge in [0.15, 0.2) is 0 Å². The molecule has 1 aliphatic heterocycles. The number of hydrogen-bond donors (Lipinski definition) is 0. The first kappa shape index (κ1) is 22.9. The van der Waals surface area contributed by atoms with Crippen molar-refractivity contribution in [2.24, 2.45) is 0 Å². The molecule has 0 atom stereocenters. The van der Waals surface area contributed by atoms with Gasteiger partial charge in [-0.2, -0.15) is 0 Å². The molecular formula is C36H25IN2. The molecule has 0 saturated carbocycles. The minimum atomic E-state index is 1.02. The summed E-state index contributed by atoms with van der Waals surface area (Å²) in [5, 5.41) is 7.85. The lowest BCUT2D eigenvalue weighted by atomic mass is 9.92. The van der Waals surface area contributed by atoms with Gasteiger partial charge in [0.2, 0.25) is 0 Å². The molecule has 0 aromatic heterocycles. The molecule has 1 aliphatic rings. The van der Waals surface area contributed by atoms with Gasteiger partial charge < -0.3 is 9.80 Å². The van der Waals surface area contributed by atoms with E-state index in [0.717, 1.165) is 18.7 Å². The molecule has 0 bridgehead atoms. The third-order valence-corrected chi connectivity index (χ3v) is 9.06. The Morgan fingerprint density at radius 2 is 1.21 bits per heavy atom. The lowest BCUT2D eigenvalue weighted by Crippen LogP contribution is -2.14. The van der Waals surface area contributed by atoms with Crippen molar-refractivity contribution in [2.75, 3.05) is 16.3 Å². The van der Waals surface area contributed by atoms with Gasteiger partial charge in [-0.15, -0.1) is 0 Å². The summed E-state index contributed by atoms with van der Waals surface area (Å²) in [5.41, 5.74) is 7.61. The molecule has 0 N–H and O–H groups in total. The zero-order valence-electron chi connectivity index (χ0n) is 21.3. The normalized spacial score (nSPS) is 13.0. The van der Waals surface area contributed by atoms with Gasteiger partial charge in [0.1, 0.15) is 0 Å². The monoisotopic (exact) mass is 612 g/mol. The van der Waals surface area contributed by atoms with Crippen LogP contribution in [0.25, 0.3) is 32.3 Å². The van der Waals surface area contributed by atoms with E-state index in [9.17, 15) is 0 Å². The molecule has 0 fully saturated rings. The first-order valence-electron chi connectivity index (χ1n) is 13.4. The Labute approximate surface area is 241 Å². The van der Waals surface area contributed by atoms with Crippen molar-refractivity contribution < 1.29 is 0 Å². The highest BCUT2D eigenvalue weighted by Gasteiger charge is 2.24. The smallest absolute Gasteiger partial charge is 0.0595 e. The van der Waals surface area contributed by atoms with Crippen LogP contribution in [-0.2, 0) is 6.42 Å². The highest BCUT2D eigenvalue weighted by Crippen LogP contribution is 2.47. The minimum Gasteiger partial charge on any atom is -0.340 e. The highest BCUT2D eigenvalue weighted by molar-refractivity contribution is 14.1. The van der Waals surface area contributed by atoms with Gasteiger partial charge in [0.05, 0.1) is 11.4 Å². The molecule has 0 aliphatic carbocycles. The molecule has 8 rings (SSSR count). The zero-order chi connectivity index (χ0) is 25.9. The van der Waals surface area contributed by atoms with Crippen LogP contribution in [0.5, 0.6) is 0 Å². The van der Waals surface area contributed by atoms with Crippen molar-refractivity contribution in [3.05, 3.63) is 137 Å². The Hall–Kier alpha value is -4.09. The maximum absolute atomic E-state index is 2.50. The van der Waals surface area contributed by atoms with E-state index in [0.29, 0.717) is 0 Å². The Morgan fingerprint density at radius 1 is 0.538 bits per heavy atom. The maximum atomic E-state index is 2.50. The number of anilines is 5. The fourth-order valence-electron chi connectivity index (χ4n) is 6.41. The van der Waals surface area contributed by atoms with Crippen molar-refractivity contribution in [3.63, 3.8) is 0 Å². The first-order chi connectivity index (χ1) is 19.3. The number of nitrogens with zero attached hydrogens (tertiary/aromatic N) is 2. The summed E-state index contributed by atoms with van der Waals surface area (Å²) in [5.74, 6) is 0. The second-order valence-corrected chi connectivity index (χ2v) is 11.4. The summed E-state index contributed by atoms with van der Waals surface area (Å²) >= 11 is 2.46. The fourth-order valence-corrected chi connectivity index (χ4v) is 7.04.